The molecule has 0 radical (unpaired) electrons. The third kappa shape index (κ3) is 4.68. The van der Waals surface area contributed by atoms with Crippen molar-refractivity contribution in [1.82, 2.24) is 0 Å². The third-order valence-electron chi connectivity index (χ3n) is 2.31. The van der Waals surface area contributed by atoms with Gasteiger partial charge in [-0.25, -0.2) is 0 Å². The molecule has 0 N–H and O–H groups in total. The maximum atomic E-state index is 10.5. The first-order valence-corrected chi connectivity index (χ1v) is 5.69. The molecule has 0 aliphatic carbocycles. The lowest BCUT2D eigenvalue weighted by Gasteiger charge is -2.04. The average molecular weight is 235 g/mol. The van der Waals surface area contributed by atoms with Gasteiger partial charge in [-0.2, -0.15) is 0 Å². The molecule has 0 saturated carbocycles. The molecular weight excluding hydrogens is 218 g/mol. The van der Waals surface area contributed by atoms with Gasteiger partial charge in [0, 0.05) is 13.0 Å². The molecule has 0 atom stereocenters. The Morgan fingerprint density at radius 1 is 1.41 bits per heavy atom. The van der Waals surface area contributed by atoms with Crippen molar-refractivity contribution in [2.45, 2.75) is 26.7 Å². The number of benzene rings is 1. The minimum atomic E-state index is -0.397. The number of hydrogen-bond donors (Lipinski definition) is 0. The predicted octanol–water partition coefficient (Wildman–Crippen LogP) is 3.50. The van der Waals surface area contributed by atoms with Crippen LogP contribution in [0.5, 0.6) is 5.75 Å². The van der Waals surface area contributed by atoms with Gasteiger partial charge in [0.1, 0.15) is 5.75 Å². The highest BCUT2D eigenvalue weighted by Crippen LogP contribution is 2.15. The van der Waals surface area contributed by atoms with Crippen LogP contribution >= 0.6 is 0 Å². The number of unbranched alkanes of at least 4 members (excludes halogenated alkanes) is 1. The summed E-state index contributed by atoms with van der Waals surface area (Å²) in [5, 5.41) is 10.5. The SMILES string of the molecule is CCCCOc1ccc(/C=C(/C)[N+](=O)[O-])cc1. The van der Waals surface area contributed by atoms with Crippen LogP contribution in [0.1, 0.15) is 32.3 Å². The molecule has 4 nitrogen and oxygen atoms in total. The van der Waals surface area contributed by atoms with Gasteiger partial charge in [0.2, 0.25) is 5.70 Å². The van der Waals surface area contributed by atoms with Crippen LogP contribution in [-0.4, -0.2) is 11.5 Å². The number of rotatable bonds is 6. The summed E-state index contributed by atoms with van der Waals surface area (Å²) in [6.45, 7) is 4.29. The van der Waals surface area contributed by atoms with Crippen LogP contribution in [0.2, 0.25) is 0 Å². The maximum Gasteiger partial charge on any atom is 0.243 e. The number of allylic oxidation sites excluding steroid dienone is 1. The lowest BCUT2D eigenvalue weighted by atomic mass is 10.2. The molecule has 0 saturated heterocycles. The van der Waals surface area contributed by atoms with Crippen molar-refractivity contribution in [2.24, 2.45) is 0 Å². The molecule has 4 heteroatoms. The van der Waals surface area contributed by atoms with E-state index in [1.165, 1.54) is 13.0 Å². The minimum Gasteiger partial charge on any atom is -0.494 e. The van der Waals surface area contributed by atoms with Crippen LogP contribution in [0.4, 0.5) is 0 Å². The Morgan fingerprint density at radius 2 is 2.06 bits per heavy atom. The zero-order valence-electron chi connectivity index (χ0n) is 10.2. The molecule has 0 amide bonds. The van der Waals surface area contributed by atoms with Gasteiger partial charge in [0.05, 0.1) is 11.5 Å². The summed E-state index contributed by atoms with van der Waals surface area (Å²) in [5.74, 6) is 0.800. The fourth-order valence-corrected chi connectivity index (χ4v) is 1.29. The van der Waals surface area contributed by atoms with Crippen molar-refractivity contribution >= 4 is 6.08 Å². The van der Waals surface area contributed by atoms with Gasteiger partial charge in [0.15, 0.2) is 0 Å². The summed E-state index contributed by atoms with van der Waals surface area (Å²) >= 11 is 0. The first-order chi connectivity index (χ1) is 8.13. The van der Waals surface area contributed by atoms with Crippen molar-refractivity contribution < 1.29 is 9.66 Å². The standard InChI is InChI=1S/C13H17NO3/c1-3-4-9-17-13-7-5-12(6-8-13)10-11(2)14(15)16/h5-8,10H,3-4,9H2,1-2H3/b11-10-. The van der Waals surface area contributed by atoms with E-state index in [9.17, 15) is 10.1 Å². The van der Waals surface area contributed by atoms with Gasteiger partial charge in [0.25, 0.3) is 0 Å². The molecule has 1 aromatic rings. The van der Waals surface area contributed by atoms with Crippen LogP contribution in [0, 0.1) is 10.1 Å². The first kappa shape index (κ1) is 13.2. The van der Waals surface area contributed by atoms with E-state index < -0.39 is 4.92 Å². The highest BCUT2D eigenvalue weighted by molar-refractivity contribution is 5.51. The number of hydrogen-bond acceptors (Lipinski definition) is 3. The Morgan fingerprint density at radius 3 is 2.59 bits per heavy atom. The molecular formula is C13H17NO3. The quantitative estimate of drug-likeness (QED) is 0.430. The average Bonchev–Trinajstić information content (AvgIpc) is 2.31. The molecule has 0 aliphatic heterocycles. The monoisotopic (exact) mass is 235 g/mol. The van der Waals surface area contributed by atoms with Crippen molar-refractivity contribution in [1.29, 1.82) is 0 Å². The van der Waals surface area contributed by atoms with Gasteiger partial charge >= 0.3 is 0 Å². The molecule has 0 unspecified atom stereocenters. The third-order valence-corrected chi connectivity index (χ3v) is 2.31. The molecule has 0 heterocycles. The van der Waals surface area contributed by atoms with E-state index in [1.807, 2.05) is 24.3 Å². The van der Waals surface area contributed by atoms with E-state index in [1.54, 1.807) is 0 Å². The van der Waals surface area contributed by atoms with E-state index in [4.69, 9.17) is 4.74 Å². The topological polar surface area (TPSA) is 52.4 Å². The fraction of sp³-hybridized carbons (Fsp3) is 0.385. The highest BCUT2D eigenvalue weighted by atomic mass is 16.6. The van der Waals surface area contributed by atoms with E-state index in [0.29, 0.717) is 6.61 Å². The Hall–Kier alpha value is -1.84. The molecule has 0 spiro atoms. The van der Waals surface area contributed by atoms with Crippen LogP contribution in [-0.2, 0) is 0 Å². The lowest BCUT2D eigenvalue weighted by Crippen LogP contribution is -1.96. The maximum absolute atomic E-state index is 10.5. The minimum absolute atomic E-state index is 0.129. The van der Waals surface area contributed by atoms with Crippen LogP contribution < -0.4 is 4.74 Å². The van der Waals surface area contributed by atoms with E-state index >= 15 is 0 Å². The summed E-state index contributed by atoms with van der Waals surface area (Å²) in [5.41, 5.74) is 0.937. The zero-order valence-corrected chi connectivity index (χ0v) is 10.2. The van der Waals surface area contributed by atoms with Crippen molar-refractivity contribution in [3.63, 3.8) is 0 Å². The largest absolute Gasteiger partial charge is 0.494 e. The second kappa shape index (κ2) is 6.68. The molecule has 1 aromatic carbocycles. The van der Waals surface area contributed by atoms with Crippen LogP contribution in [0.3, 0.4) is 0 Å². The summed E-state index contributed by atoms with van der Waals surface area (Å²) in [7, 11) is 0. The van der Waals surface area contributed by atoms with Crippen molar-refractivity contribution in [2.75, 3.05) is 6.61 Å². The van der Waals surface area contributed by atoms with Gasteiger partial charge < -0.3 is 4.74 Å². The Balaban J connectivity index is 2.62. The van der Waals surface area contributed by atoms with E-state index in [2.05, 4.69) is 6.92 Å². The van der Waals surface area contributed by atoms with E-state index in [0.717, 1.165) is 24.2 Å². The summed E-state index contributed by atoms with van der Waals surface area (Å²) in [6, 6.07) is 7.28. The number of ether oxygens (including phenoxy) is 1. The normalized spacial score (nSPS) is 11.3. The number of nitrogens with zero attached hydrogens (tertiary/aromatic N) is 1. The zero-order chi connectivity index (χ0) is 12.7. The molecule has 0 bridgehead atoms. The summed E-state index contributed by atoms with van der Waals surface area (Å²) in [4.78, 5) is 10.1. The Labute approximate surface area is 101 Å². The highest BCUT2D eigenvalue weighted by Gasteiger charge is 2.01. The Bertz CT molecular complexity index is 396. The van der Waals surface area contributed by atoms with Gasteiger partial charge in [-0.1, -0.05) is 25.5 Å². The van der Waals surface area contributed by atoms with Crippen LogP contribution in [0.15, 0.2) is 30.0 Å². The van der Waals surface area contributed by atoms with E-state index in [-0.39, 0.29) is 5.70 Å². The second-order valence-corrected chi connectivity index (χ2v) is 3.81. The smallest absolute Gasteiger partial charge is 0.243 e. The van der Waals surface area contributed by atoms with Crippen molar-refractivity contribution in [3.05, 3.63) is 45.6 Å². The molecule has 1 rings (SSSR count). The van der Waals surface area contributed by atoms with Gasteiger partial charge in [-0.15, -0.1) is 0 Å². The van der Waals surface area contributed by atoms with Gasteiger partial charge in [-0.3, -0.25) is 10.1 Å². The summed E-state index contributed by atoms with van der Waals surface area (Å²) in [6.07, 6.45) is 3.67. The molecule has 0 aliphatic rings. The van der Waals surface area contributed by atoms with Gasteiger partial charge in [-0.05, 0) is 24.1 Å². The fourth-order valence-electron chi connectivity index (χ4n) is 1.29. The second-order valence-electron chi connectivity index (χ2n) is 3.81. The summed E-state index contributed by atoms with van der Waals surface area (Å²) < 4.78 is 5.50. The molecule has 0 fully saturated rings. The molecule has 92 valence electrons. The number of nitro groups is 1. The Kier molecular flexibility index (Phi) is 5.20. The predicted molar refractivity (Wildman–Crippen MR) is 67.5 cm³/mol. The van der Waals surface area contributed by atoms with Crippen LogP contribution in [0.25, 0.3) is 6.08 Å². The molecule has 17 heavy (non-hydrogen) atoms. The lowest BCUT2D eigenvalue weighted by molar-refractivity contribution is -0.422. The van der Waals surface area contributed by atoms with Crippen molar-refractivity contribution in [3.8, 4) is 5.75 Å². The molecule has 0 aromatic heterocycles. The first-order valence-electron chi connectivity index (χ1n) is 5.69.